The van der Waals surface area contributed by atoms with Crippen LogP contribution in [0.15, 0.2) is 12.7 Å². The predicted octanol–water partition coefficient (Wildman–Crippen LogP) is 4.99. The Morgan fingerprint density at radius 2 is 1.78 bits per heavy atom. The molecular weight excluding hydrogens is 409 g/mol. The first-order valence-electron chi connectivity index (χ1n) is 11.8. The molecule has 182 valence electrons. The molecule has 1 amide bonds. The molecular formula is C24H42BNO6. The molecule has 2 rings (SSSR count). The van der Waals surface area contributed by atoms with Crippen LogP contribution in [0.1, 0.15) is 80.6 Å². The number of likely N-dealkylation sites (tertiary alicyclic amines) is 1. The molecule has 2 unspecified atom stereocenters. The van der Waals surface area contributed by atoms with Crippen LogP contribution in [0.2, 0.25) is 6.32 Å². The summed E-state index contributed by atoms with van der Waals surface area (Å²) >= 11 is 0. The van der Waals surface area contributed by atoms with E-state index >= 15 is 0 Å². The molecule has 0 radical (unpaired) electrons. The van der Waals surface area contributed by atoms with Gasteiger partial charge in [0.2, 0.25) is 0 Å². The molecule has 2 heterocycles. The summed E-state index contributed by atoms with van der Waals surface area (Å²) in [6, 6.07) is 0. The van der Waals surface area contributed by atoms with Crippen LogP contribution < -0.4 is 0 Å². The van der Waals surface area contributed by atoms with Crippen molar-refractivity contribution in [2.75, 3.05) is 13.7 Å². The predicted molar refractivity (Wildman–Crippen MR) is 125 cm³/mol. The van der Waals surface area contributed by atoms with Crippen molar-refractivity contribution in [1.82, 2.24) is 4.90 Å². The molecule has 7 nitrogen and oxygen atoms in total. The Kier molecular flexibility index (Phi) is 8.15. The highest BCUT2D eigenvalue weighted by Gasteiger charge is 2.55. The zero-order valence-corrected chi connectivity index (χ0v) is 21.3. The van der Waals surface area contributed by atoms with E-state index in [4.69, 9.17) is 18.8 Å². The van der Waals surface area contributed by atoms with Crippen molar-refractivity contribution in [1.29, 1.82) is 0 Å². The number of amides is 1. The van der Waals surface area contributed by atoms with Crippen LogP contribution in [-0.2, 0) is 23.6 Å². The highest BCUT2D eigenvalue weighted by atomic mass is 16.7. The minimum absolute atomic E-state index is 0.0726. The second-order valence-electron chi connectivity index (χ2n) is 11.0. The summed E-state index contributed by atoms with van der Waals surface area (Å²) in [7, 11) is 1.09. The van der Waals surface area contributed by atoms with Gasteiger partial charge < -0.3 is 18.8 Å². The maximum atomic E-state index is 13.2. The van der Waals surface area contributed by atoms with Gasteiger partial charge in [-0.05, 0) is 86.4 Å². The fourth-order valence-corrected chi connectivity index (χ4v) is 4.76. The van der Waals surface area contributed by atoms with E-state index < -0.39 is 23.2 Å². The summed E-state index contributed by atoms with van der Waals surface area (Å²) in [6.07, 6.45) is 5.43. The largest absolute Gasteiger partial charge is 0.467 e. The van der Waals surface area contributed by atoms with Gasteiger partial charge in [-0.1, -0.05) is 12.5 Å². The van der Waals surface area contributed by atoms with E-state index in [0.717, 1.165) is 32.0 Å². The van der Waals surface area contributed by atoms with Crippen molar-refractivity contribution >= 4 is 19.2 Å². The summed E-state index contributed by atoms with van der Waals surface area (Å²) in [5.41, 5.74) is -2.51. The molecule has 2 aliphatic heterocycles. The lowest BCUT2D eigenvalue weighted by atomic mass is 9.70. The number of piperidine rings is 1. The van der Waals surface area contributed by atoms with E-state index in [0.29, 0.717) is 13.0 Å². The van der Waals surface area contributed by atoms with Gasteiger partial charge in [0.05, 0.1) is 18.3 Å². The summed E-state index contributed by atoms with van der Waals surface area (Å²) in [6.45, 7) is 18.0. The number of rotatable bonds is 7. The van der Waals surface area contributed by atoms with Gasteiger partial charge in [0, 0.05) is 6.54 Å². The monoisotopic (exact) mass is 451 g/mol. The van der Waals surface area contributed by atoms with Crippen molar-refractivity contribution in [2.24, 2.45) is 5.92 Å². The molecule has 0 aliphatic carbocycles. The van der Waals surface area contributed by atoms with Crippen molar-refractivity contribution in [2.45, 2.75) is 109 Å². The van der Waals surface area contributed by atoms with E-state index in [1.807, 2.05) is 48.5 Å². The number of nitrogens with zero attached hydrogens (tertiary/aromatic N) is 1. The molecule has 0 aromatic heterocycles. The van der Waals surface area contributed by atoms with Crippen molar-refractivity contribution in [3.63, 3.8) is 0 Å². The second kappa shape index (κ2) is 9.76. The molecule has 8 heteroatoms. The summed E-state index contributed by atoms with van der Waals surface area (Å²) in [5.74, 6) is -0.486. The van der Waals surface area contributed by atoms with Gasteiger partial charge >= 0.3 is 19.2 Å². The highest BCUT2D eigenvalue weighted by Crippen LogP contribution is 2.43. The first kappa shape index (κ1) is 26.7. The molecule has 0 spiro atoms. The Morgan fingerprint density at radius 3 is 2.28 bits per heavy atom. The smallest absolute Gasteiger partial charge is 0.457 e. The summed E-state index contributed by atoms with van der Waals surface area (Å²) in [4.78, 5) is 27.9. The third-order valence-electron chi connectivity index (χ3n) is 6.99. The first-order valence-corrected chi connectivity index (χ1v) is 11.8. The molecule has 2 aliphatic rings. The Morgan fingerprint density at radius 1 is 1.19 bits per heavy atom. The Balaban J connectivity index is 2.20. The topological polar surface area (TPSA) is 74.3 Å². The van der Waals surface area contributed by atoms with Crippen LogP contribution in [0.5, 0.6) is 0 Å². The molecule has 0 N–H and O–H groups in total. The number of esters is 1. The average Bonchev–Trinajstić information content (AvgIpc) is 2.87. The van der Waals surface area contributed by atoms with Crippen LogP contribution in [0, 0.1) is 5.92 Å². The molecule has 0 aromatic carbocycles. The van der Waals surface area contributed by atoms with Crippen LogP contribution in [0.3, 0.4) is 0 Å². The number of ether oxygens (including phenoxy) is 2. The molecule has 2 atom stereocenters. The van der Waals surface area contributed by atoms with E-state index in [-0.39, 0.29) is 24.2 Å². The fraction of sp³-hybridized carbons (Fsp3) is 0.833. The number of hydrogen-bond donors (Lipinski definition) is 0. The van der Waals surface area contributed by atoms with Gasteiger partial charge in [0.15, 0.2) is 0 Å². The maximum Gasteiger partial charge on any atom is 0.457 e. The third-order valence-corrected chi connectivity index (χ3v) is 6.99. The van der Waals surface area contributed by atoms with E-state index in [1.54, 1.807) is 11.0 Å². The summed E-state index contributed by atoms with van der Waals surface area (Å²) < 4.78 is 23.1. The van der Waals surface area contributed by atoms with Gasteiger partial charge in [0.1, 0.15) is 11.1 Å². The van der Waals surface area contributed by atoms with Crippen LogP contribution in [0.4, 0.5) is 4.79 Å². The second-order valence-corrected chi connectivity index (χ2v) is 11.0. The Bertz CT molecular complexity index is 685. The minimum Gasteiger partial charge on any atom is -0.467 e. The van der Waals surface area contributed by atoms with Crippen LogP contribution in [-0.4, -0.2) is 60.1 Å². The quantitative estimate of drug-likeness (QED) is 0.308. The number of carbonyl (C=O) groups is 2. The molecule has 0 aromatic rings. The number of carbonyl (C=O) groups excluding carboxylic acids is 2. The van der Waals surface area contributed by atoms with Crippen LogP contribution >= 0.6 is 0 Å². The average molecular weight is 451 g/mol. The van der Waals surface area contributed by atoms with Gasteiger partial charge in [0.25, 0.3) is 0 Å². The van der Waals surface area contributed by atoms with Gasteiger partial charge in [-0.3, -0.25) is 4.90 Å². The minimum atomic E-state index is -1.12. The lowest BCUT2D eigenvalue weighted by Gasteiger charge is -2.49. The zero-order chi connectivity index (χ0) is 24.4. The SMILES string of the molecule is C=CCC1(C(=O)OC)C(CCCB2OC(C)(C)C(C)(C)O2)CCCN1C(=O)OC(C)(C)C. The Labute approximate surface area is 194 Å². The van der Waals surface area contributed by atoms with Crippen LogP contribution in [0.25, 0.3) is 0 Å². The first-order chi connectivity index (χ1) is 14.7. The van der Waals surface area contributed by atoms with Crippen molar-refractivity contribution < 1.29 is 28.4 Å². The Hall–Kier alpha value is -1.54. The fourth-order valence-electron chi connectivity index (χ4n) is 4.76. The van der Waals surface area contributed by atoms with E-state index in [2.05, 4.69) is 6.58 Å². The lowest BCUT2D eigenvalue weighted by molar-refractivity contribution is -0.162. The highest BCUT2D eigenvalue weighted by molar-refractivity contribution is 6.45. The molecule has 0 bridgehead atoms. The van der Waals surface area contributed by atoms with Crippen molar-refractivity contribution in [3.8, 4) is 0 Å². The molecule has 2 fully saturated rings. The van der Waals surface area contributed by atoms with Crippen molar-refractivity contribution in [3.05, 3.63) is 12.7 Å². The van der Waals surface area contributed by atoms with Gasteiger partial charge in [-0.25, -0.2) is 9.59 Å². The maximum absolute atomic E-state index is 13.2. The van der Waals surface area contributed by atoms with E-state index in [1.165, 1.54) is 7.11 Å². The van der Waals surface area contributed by atoms with Gasteiger partial charge in [-0.15, -0.1) is 6.58 Å². The van der Waals surface area contributed by atoms with E-state index in [9.17, 15) is 9.59 Å². The summed E-state index contributed by atoms with van der Waals surface area (Å²) in [5, 5.41) is 0. The number of hydrogen-bond acceptors (Lipinski definition) is 6. The zero-order valence-electron chi connectivity index (χ0n) is 21.3. The molecule has 0 saturated carbocycles. The number of methoxy groups -OCH3 is 1. The normalized spacial score (nSPS) is 27.2. The standard InChI is InChI=1S/C24H42BNO6/c1-10-15-24(19(27)29-9)18(14-12-17-26(24)20(28)30-21(2,3)4)13-11-16-25-31-22(5,6)23(7,8)32-25/h10,18H,1,11-17H2,2-9H3. The lowest BCUT2D eigenvalue weighted by Crippen LogP contribution is -2.64. The molecule has 2 saturated heterocycles. The van der Waals surface area contributed by atoms with Gasteiger partial charge in [-0.2, -0.15) is 0 Å². The third kappa shape index (κ3) is 5.50. The molecule has 32 heavy (non-hydrogen) atoms.